The van der Waals surface area contributed by atoms with Crippen LogP contribution in [0.1, 0.15) is 31.7 Å². The molecule has 2 saturated heterocycles. The molecule has 2 aliphatic heterocycles. The predicted molar refractivity (Wildman–Crippen MR) is 92.3 cm³/mol. The first-order valence-electron chi connectivity index (χ1n) is 8.54. The van der Waals surface area contributed by atoms with E-state index in [-0.39, 0.29) is 11.7 Å². The van der Waals surface area contributed by atoms with Gasteiger partial charge in [-0.25, -0.2) is 4.79 Å². The normalized spacial score (nSPS) is 23.8. The number of nitro groups is 1. The van der Waals surface area contributed by atoms with Crippen LogP contribution in [0, 0.1) is 10.1 Å². The van der Waals surface area contributed by atoms with Gasteiger partial charge in [-0.3, -0.25) is 15.0 Å². The molecule has 2 aliphatic rings. The van der Waals surface area contributed by atoms with Crippen LogP contribution >= 0.6 is 0 Å². The molecule has 0 aromatic heterocycles. The standard InChI is InChI=1S/C17H24N4O3/c1-3-12-4-5-13(10-16(12)21(23)24)18-17(22)20-9-8-14-6-7-15(11-20)19(14)2/h4-5,10,14-15H,3,6-9,11H2,1-2H3,(H,18,22)/t14-,15+/m1/s1. The summed E-state index contributed by atoms with van der Waals surface area (Å²) in [6.45, 7) is 3.32. The molecule has 0 aliphatic carbocycles. The van der Waals surface area contributed by atoms with Crippen molar-refractivity contribution < 1.29 is 9.72 Å². The quantitative estimate of drug-likeness (QED) is 0.682. The zero-order valence-corrected chi connectivity index (χ0v) is 14.2. The molecule has 2 heterocycles. The third kappa shape index (κ3) is 3.21. The minimum absolute atomic E-state index is 0.0601. The molecule has 7 heteroatoms. The molecule has 7 nitrogen and oxygen atoms in total. The molecule has 24 heavy (non-hydrogen) atoms. The summed E-state index contributed by atoms with van der Waals surface area (Å²) in [7, 11) is 2.14. The van der Waals surface area contributed by atoms with Crippen LogP contribution in [0.3, 0.4) is 0 Å². The van der Waals surface area contributed by atoms with Crippen molar-refractivity contribution in [3.8, 4) is 0 Å². The topological polar surface area (TPSA) is 78.7 Å². The van der Waals surface area contributed by atoms with E-state index in [0.717, 1.165) is 19.4 Å². The third-order valence-corrected chi connectivity index (χ3v) is 5.35. The summed E-state index contributed by atoms with van der Waals surface area (Å²) in [5, 5.41) is 14.0. The maximum atomic E-state index is 12.6. The van der Waals surface area contributed by atoms with Gasteiger partial charge in [0, 0.05) is 42.5 Å². The van der Waals surface area contributed by atoms with Crippen LogP contribution in [0.15, 0.2) is 18.2 Å². The first-order valence-corrected chi connectivity index (χ1v) is 8.54. The Kier molecular flexibility index (Phi) is 4.71. The molecule has 3 rings (SSSR count). The van der Waals surface area contributed by atoms with Crippen LogP contribution in [0.25, 0.3) is 0 Å². The molecule has 130 valence electrons. The van der Waals surface area contributed by atoms with E-state index in [1.165, 1.54) is 12.5 Å². The minimum atomic E-state index is -0.395. The Labute approximate surface area is 141 Å². The number of anilines is 1. The Morgan fingerprint density at radius 1 is 1.33 bits per heavy atom. The van der Waals surface area contributed by atoms with E-state index in [4.69, 9.17) is 0 Å². The summed E-state index contributed by atoms with van der Waals surface area (Å²) in [5.41, 5.74) is 1.21. The molecular weight excluding hydrogens is 308 g/mol. The van der Waals surface area contributed by atoms with E-state index in [1.807, 2.05) is 11.8 Å². The SMILES string of the molecule is CCc1ccc(NC(=O)N2CC[C@H]3CC[C@@H](C2)N3C)cc1[N+](=O)[O-]. The number of nitrogens with one attached hydrogen (secondary N) is 1. The van der Waals surface area contributed by atoms with E-state index in [9.17, 15) is 14.9 Å². The molecule has 0 radical (unpaired) electrons. The van der Waals surface area contributed by atoms with Gasteiger partial charge >= 0.3 is 6.03 Å². The lowest BCUT2D eigenvalue weighted by molar-refractivity contribution is -0.385. The number of amides is 2. The van der Waals surface area contributed by atoms with Gasteiger partial charge in [-0.1, -0.05) is 13.0 Å². The number of benzene rings is 1. The number of urea groups is 1. The van der Waals surface area contributed by atoms with Crippen LogP contribution < -0.4 is 5.32 Å². The van der Waals surface area contributed by atoms with Gasteiger partial charge in [0.1, 0.15) is 0 Å². The fourth-order valence-corrected chi connectivity index (χ4v) is 3.81. The second-order valence-corrected chi connectivity index (χ2v) is 6.67. The van der Waals surface area contributed by atoms with E-state index in [2.05, 4.69) is 17.3 Å². The molecule has 2 atom stereocenters. The van der Waals surface area contributed by atoms with Gasteiger partial charge in [-0.2, -0.15) is 0 Å². The number of carbonyl (C=O) groups is 1. The largest absolute Gasteiger partial charge is 0.323 e. The predicted octanol–water partition coefficient (Wildman–Crippen LogP) is 2.86. The van der Waals surface area contributed by atoms with Gasteiger partial charge in [0.2, 0.25) is 0 Å². The summed E-state index contributed by atoms with van der Waals surface area (Å²) in [6.07, 6.45) is 3.91. The van der Waals surface area contributed by atoms with Gasteiger partial charge < -0.3 is 10.2 Å². The zero-order valence-electron chi connectivity index (χ0n) is 14.2. The number of nitrogens with zero attached hydrogens (tertiary/aromatic N) is 3. The molecule has 0 spiro atoms. The lowest BCUT2D eigenvalue weighted by atomic mass is 10.1. The zero-order chi connectivity index (χ0) is 17.3. The van der Waals surface area contributed by atoms with Crippen molar-refractivity contribution in [2.45, 2.75) is 44.7 Å². The highest BCUT2D eigenvalue weighted by molar-refractivity contribution is 5.89. The number of likely N-dealkylation sites (tertiary alicyclic amines) is 1. The Balaban J connectivity index is 1.71. The average Bonchev–Trinajstić information content (AvgIpc) is 2.79. The Bertz CT molecular complexity index is 649. The molecule has 0 saturated carbocycles. The molecule has 1 aromatic carbocycles. The van der Waals surface area contributed by atoms with Gasteiger partial charge in [-0.15, -0.1) is 0 Å². The van der Waals surface area contributed by atoms with Crippen molar-refractivity contribution >= 4 is 17.4 Å². The highest BCUT2D eigenvalue weighted by atomic mass is 16.6. The van der Waals surface area contributed by atoms with Gasteiger partial charge in [0.25, 0.3) is 5.69 Å². The highest BCUT2D eigenvalue weighted by Crippen LogP contribution is 2.29. The van der Waals surface area contributed by atoms with E-state index in [0.29, 0.717) is 36.3 Å². The van der Waals surface area contributed by atoms with Crippen molar-refractivity contribution in [2.24, 2.45) is 0 Å². The summed E-state index contributed by atoms with van der Waals surface area (Å²) in [6, 6.07) is 5.71. The molecule has 1 aromatic rings. The Hall–Kier alpha value is -2.15. The molecule has 1 N–H and O–H groups in total. The van der Waals surface area contributed by atoms with Crippen molar-refractivity contribution in [3.63, 3.8) is 0 Å². The summed E-state index contributed by atoms with van der Waals surface area (Å²) in [4.78, 5) is 27.6. The van der Waals surface area contributed by atoms with Crippen LogP contribution in [0.4, 0.5) is 16.2 Å². The van der Waals surface area contributed by atoms with Crippen molar-refractivity contribution in [3.05, 3.63) is 33.9 Å². The molecule has 2 fully saturated rings. The first-order chi connectivity index (χ1) is 11.5. The van der Waals surface area contributed by atoms with Crippen LogP contribution in [0.2, 0.25) is 0 Å². The Morgan fingerprint density at radius 3 is 2.79 bits per heavy atom. The second-order valence-electron chi connectivity index (χ2n) is 6.67. The fourth-order valence-electron chi connectivity index (χ4n) is 3.81. The number of aryl methyl sites for hydroxylation is 1. The maximum absolute atomic E-state index is 12.6. The van der Waals surface area contributed by atoms with E-state index >= 15 is 0 Å². The molecular formula is C17H24N4O3. The average molecular weight is 332 g/mol. The van der Waals surface area contributed by atoms with E-state index < -0.39 is 4.92 Å². The number of fused-ring (bicyclic) bond motifs is 2. The summed E-state index contributed by atoms with van der Waals surface area (Å²) in [5.74, 6) is 0. The Morgan fingerprint density at radius 2 is 2.08 bits per heavy atom. The van der Waals surface area contributed by atoms with Crippen LogP contribution in [0.5, 0.6) is 0 Å². The van der Waals surface area contributed by atoms with Gasteiger partial charge in [-0.05, 0) is 38.8 Å². The number of carbonyl (C=O) groups excluding carboxylic acids is 1. The van der Waals surface area contributed by atoms with E-state index in [1.54, 1.807) is 12.1 Å². The van der Waals surface area contributed by atoms with Crippen molar-refractivity contribution in [1.29, 1.82) is 0 Å². The molecule has 0 unspecified atom stereocenters. The number of hydrogen-bond donors (Lipinski definition) is 1. The number of rotatable bonds is 3. The van der Waals surface area contributed by atoms with Crippen molar-refractivity contribution in [2.75, 3.05) is 25.5 Å². The van der Waals surface area contributed by atoms with Crippen LogP contribution in [-0.2, 0) is 6.42 Å². The molecule has 2 amide bonds. The summed E-state index contributed by atoms with van der Waals surface area (Å²) < 4.78 is 0. The monoisotopic (exact) mass is 332 g/mol. The lowest BCUT2D eigenvalue weighted by Gasteiger charge is -2.26. The fraction of sp³-hybridized carbons (Fsp3) is 0.588. The second kappa shape index (κ2) is 6.76. The third-order valence-electron chi connectivity index (χ3n) is 5.35. The minimum Gasteiger partial charge on any atom is -0.323 e. The number of nitro benzene ring substituents is 1. The smallest absolute Gasteiger partial charge is 0.321 e. The highest BCUT2D eigenvalue weighted by Gasteiger charge is 2.36. The number of likely N-dealkylation sites (N-methyl/N-ethyl adjacent to an activating group) is 1. The molecule has 2 bridgehead atoms. The van der Waals surface area contributed by atoms with Crippen molar-refractivity contribution in [1.82, 2.24) is 9.80 Å². The van der Waals surface area contributed by atoms with Gasteiger partial charge in [0.05, 0.1) is 4.92 Å². The van der Waals surface area contributed by atoms with Crippen LogP contribution in [-0.4, -0.2) is 53.0 Å². The van der Waals surface area contributed by atoms with Gasteiger partial charge in [0.15, 0.2) is 0 Å². The maximum Gasteiger partial charge on any atom is 0.321 e. The number of hydrogen-bond acceptors (Lipinski definition) is 4. The first kappa shape index (κ1) is 16.7. The summed E-state index contributed by atoms with van der Waals surface area (Å²) >= 11 is 0. The lowest BCUT2D eigenvalue weighted by Crippen LogP contribution is -2.41.